The van der Waals surface area contributed by atoms with Crippen molar-refractivity contribution in [1.29, 1.82) is 0 Å². The van der Waals surface area contributed by atoms with Crippen LogP contribution in [0.2, 0.25) is 0 Å². The molecule has 0 spiro atoms. The van der Waals surface area contributed by atoms with Gasteiger partial charge in [-0.2, -0.15) is 4.39 Å². The number of thiazole rings is 1. The number of amides is 5. The van der Waals surface area contributed by atoms with Crippen molar-refractivity contribution in [3.8, 4) is 17.0 Å². The van der Waals surface area contributed by atoms with Crippen LogP contribution in [0, 0.1) is 17.6 Å². The van der Waals surface area contributed by atoms with Gasteiger partial charge in [-0.05, 0) is 81.7 Å². The lowest BCUT2D eigenvalue weighted by atomic mass is 9.83. The van der Waals surface area contributed by atoms with Gasteiger partial charge in [0.1, 0.15) is 18.1 Å². The molecule has 1 aliphatic carbocycles. The van der Waals surface area contributed by atoms with Gasteiger partial charge < -0.3 is 45.9 Å². The Morgan fingerprint density at radius 1 is 0.789 bits per heavy atom. The van der Waals surface area contributed by atoms with Gasteiger partial charge in [0, 0.05) is 49.6 Å². The third-order valence-corrected chi connectivity index (χ3v) is 14.7. The minimum Gasteiger partial charge on any atom is -0.480 e. The Morgan fingerprint density at radius 3 is 2.11 bits per heavy atom. The molecule has 382 valence electrons. The van der Waals surface area contributed by atoms with E-state index < -0.39 is 60.1 Å². The molecule has 7 rings (SSSR count). The third-order valence-electron chi connectivity index (χ3n) is 13.8. The van der Waals surface area contributed by atoms with Gasteiger partial charge in [0.2, 0.25) is 29.4 Å². The largest absolute Gasteiger partial charge is 0.480 e. The van der Waals surface area contributed by atoms with E-state index in [1.807, 2.05) is 60.7 Å². The maximum Gasteiger partial charge on any atom is 0.257 e. The molecule has 4 aromatic rings. The first-order valence-electron chi connectivity index (χ1n) is 25.2. The van der Waals surface area contributed by atoms with E-state index in [0.29, 0.717) is 77.3 Å². The summed E-state index contributed by atoms with van der Waals surface area (Å²) in [5.74, 6) is -5.05. The smallest absolute Gasteiger partial charge is 0.257 e. The lowest BCUT2D eigenvalue weighted by molar-refractivity contribution is -0.143. The maximum atomic E-state index is 15.0. The summed E-state index contributed by atoms with van der Waals surface area (Å²) in [6.45, 7) is 4.75. The highest BCUT2D eigenvalue weighted by Gasteiger charge is 2.43. The quantitative estimate of drug-likeness (QED) is 0.0547. The second-order valence-corrected chi connectivity index (χ2v) is 19.4. The molecule has 1 aromatic heterocycles. The first-order chi connectivity index (χ1) is 34.5. The Balaban J connectivity index is 0.931. The van der Waals surface area contributed by atoms with E-state index in [1.54, 1.807) is 24.3 Å². The number of unbranched alkanes of at least 4 members (excludes halogenated alkanes) is 3. The highest BCUT2D eigenvalue weighted by Crippen LogP contribution is 2.37. The number of carbonyl (C=O) groups excluding carboxylic acids is 5. The van der Waals surface area contributed by atoms with Crippen molar-refractivity contribution in [2.24, 2.45) is 5.92 Å². The molecule has 3 heterocycles. The van der Waals surface area contributed by atoms with Gasteiger partial charge in [0.05, 0.1) is 24.9 Å². The van der Waals surface area contributed by atoms with E-state index in [0.717, 1.165) is 67.3 Å². The van der Waals surface area contributed by atoms with E-state index in [2.05, 4.69) is 36.5 Å². The molecule has 18 heteroatoms. The van der Waals surface area contributed by atoms with Gasteiger partial charge in [-0.1, -0.05) is 92.8 Å². The first kappa shape index (κ1) is 52.8. The summed E-state index contributed by atoms with van der Waals surface area (Å²) < 4.78 is 40.4. The molecule has 3 aliphatic rings. The minimum atomic E-state index is -1.19. The fourth-order valence-electron chi connectivity index (χ4n) is 9.69. The normalized spacial score (nSPS) is 17.6. The Bertz CT molecular complexity index is 2340. The van der Waals surface area contributed by atoms with Gasteiger partial charge in [0.15, 0.2) is 23.3 Å². The number of nitrogens with zero attached hydrogens (tertiary/aromatic N) is 3. The molecule has 1 saturated carbocycles. The fourth-order valence-corrected chi connectivity index (χ4v) is 10.6. The average Bonchev–Trinajstić information content (AvgIpc) is 4.11. The number of rotatable bonds is 23. The zero-order valence-corrected chi connectivity index (χ0v) is 41.6. The number of ether oxygens (including phenoxy) is 2. The van der Waals surface area contributed by atoms with Gasteiger partial charge in [-0.15, -0.1) is 11.3 Å². The molecular formula is C53H68F2N8O7S. The number of benzene rings is 3. The number of morpholine rings is 1. The van der Waals surface area contributed by atoms with Crippen LogP contribution in [0.4, 0.5) is 13.9 Å². The highest BCUT2D eigenvalue weighted by molar-refractivity contribution is 7.14. The second-order valence-electron chi connectivity index (χ2n) is 18.6. The summed E-state index contributed by atoms with van der Waals surface area (Å²) in [4.78, 5) is 77.7. The molecule has 3 fully saturated rings. The van der Waals surface area contributed by atoms with E-state index in [1.165, 1.54) is 17.4 Å². The molecule has 0 bridgehead atoms. The predicted molar refractivity (Wildman–Crippen MR) is 269 cm³/mol. The van der Waals surface area contributed by atoms with Gasteiger partial charge in [-0.25, -0.2) is 9.37 Å². The van der Waals surface area contributed by atoms with E-state index >= 15 is 4.39 Å². The number of hydrogen-bond acceptors (Lipinski definition) is 11. The minimum absolute atomic E-state index is 0.0364. The van der Waals surface area contributed by atoms with Crippen molar-refractivity contribution in [2.45, 2.75) is 108 Å². The average molecular weight is 999 g/mol. The van der Waals surface area contributed by atoms with Crippen LogP contribution in [0.15, 0.2) is 78.2 Å². The molecule has 2 aliphatic heterocycles. The lowest BCUT2D eigenvalue weighted by Crippen LogP contribution is -2.59. The summed E-state index contributed by atoms with van der Waals surface area (Å²) in [5.41, 5.74) is 2.34. The van der Waals surface area contributed by atoms with Crippen LogP contribution in [-0.2, 0) is 28.7 Å². The molecule has 3 aromatic carbocycles. The molecule has 2 unspecified atom stereocenters. The van der Waals surface area contributed by atoms with Crippen molar-refractivity contribution < 1.29 is 42.2 Å². The van der Waals surface area contributed by atoms with Crippen LogP contribution < -0.4 is 36.2 Å². The number of hydrogen-bond donors (Lipinski definition) is 5. The number of nitrogens with one attached hydrogen (secondary N) is 5. The van der Waals surface area contributed by atoms with Gasteiger partial charge in [-0.3, -0.25) is 24.0 Å². The van der Waals surface area contributed by atoms with Crippen molar-refractivity contribution in [1.82, 2.24) is 36.5 Å². The zero-order valence-electron chi connectivity index (χ0n) is 40.8. The monoisotopic (exact) mass is 998 g/mol. The third kappa shape index (κ3) is 14.1. The number of carbonyl (C=O) groups is 5. The van der Waals surface area contributed by atoms with Crippen LogP contribution in [-0.4, -0.2) is 123 Å². The molecule has 5 N–H and O–H groups in total. The number of halogens is 2. The summed E-state index contributed by atoms with van der Waals surface area (Å²) in [7, 11) is 1.70. The SMILES string of the molecule is CN[C@@H](C)C(=O)NC(C(=O)N1CCC[C@H]1C(=O)NC(C(=O)NCCCCCCNC(=O)COc1c(-c2csc(N3CCOCC3)n2)ccc(F)c1F)C(c1ccccc1)c1ccccc1)C1CCCCC1. The van der Waals surface area contributed by atoms with Gasteiger partial charge >= 0.3 is 0 Å². The Morgan fingerprint density at radius 2 is 1.45 bits per heavy atom. The Hall–Kier alpha value is -5.98. The van der Waals surface area contributed by atoms with Crippen molar-refractivity contribution in [3.05, 3.63) is 101 Å². The Kier molecular flexibility index (Phi) is 19.7. The summed E-state index contributed by atoms with van der Waals surface area (Å²) >= 11 is 1.38. The van der Waals surface area contributed by atoms with Crippen molar-refractivity contribution in [2.75, 3.05) is 64.5 Å². The van der Waals surface area contributed by atoms with E-state index in [9.17, 15) is 28.4 Å². The van der Waals surface area contributed by atoms with E-state index in [4.69, 9.17) is 9.47 Å². The molecule has 71 heavy (non-hydrogen) atoms. The highest BCUT2D eigenvalue weighted by atomic mass is 32.1. The first-order valence-corrected chi connectivity index (χ1v) is 26.0. The molecule has 5 amide bonds. The fraction of sp³-hybridized carbons (Fsp3) is 0.509. The standard InChI is InChI=1S/C53H68F2N8O7S/c1-35(56-2)49(65)60-46(38-21-12-7-13-22-38)52(68)63-28-16-23-42(63)50(66)61-47(44(36-17-8-5-9-18-36)37-19-10-6-11-20-37)51(67)58-27-15-4-3-14-26-57-43(64)33-70-48-39(24-25-40(54)45(48)55)41-34-71-53(59-41)62-29-31-69-32-30-62/h5-6,8-11,17-20,24-25,34-35,38,42,44,46-47,56H,3-4,7,12-16,21-23,26-33H2,1-2H3,(H,57,64)(H,58,67)(H,60,65)(H,61,66)/t35-,42-,46?,47?/m0/s1. The molecule has 0 radical (unpaired) electrons. The maximum absolute atomic E-state index is 15.0. The number of aromatic nitrogens is 1. The van der Waals surface area contributed by atoms with Crippen molar-refractivity contribution >= 4 is 46.0 Å². The summed E-state index contributed by atoms with van der Waals surface area (Å²) in [6.07, 6.45) is 8.40. The topological polar surface area (TPSA) is 183 Å². The number of likely N-dealkylation sites (tertiary alicyclic amines) is 1. The number of likely N-dealkylation sites (N-methyl/N-ethyl adjacent to an activating group) is 1. The van der Waals surface area contributed by atoms with Crippen LogP contribution in [0.3, 0.4) is 0 Å². The van der Waals surface area contributed by atoms with Crippen molar-refractivity contribution in [3.63, 3.8) is 0 Å². The summed E-state index contributed by atoms with van der Waals surface area (Å²) in [6, 6.07) is 18.4. The molecule has 2 saturated heterocycles. The number of anilines is 1. The molecule has 15 nitrogen and oxygen atoms in total. The van der Waals surface area contributed by atoms with Crippen LogP contribution in [0.5, 0.6) is 5.75 Å². The van der Waals surface area contributed by atoms with E-state index in [-0.39, 0.29) is 35.0 Å². The van der Waals surface area contributed by atoms with Crippen LogP contribution in [0.1, 0.15) is 94.6 Å². The van der Waals surface area contributed by atoms with Gasteiger partial charge in [0.25, 0.3) is 5.91 Å². The molecular weight excluding hydrogens is 931 g/mol. The Labute approximate surface area is 419 Å². The zero-order chi connectivity index (χ0) is 50.1. The predicted octanol–water partition coefficient (Wildman–Crippen LogP) is 6.08. The summed E-state index contributed by atoms with van der Waals surface area (Å²) in [5, 5.41) is 17.4. The molecule has 4 atom stereocenters. The van der Waals surface area contributed by atoms with Crippen LogP contribution >= 0.6 is 11.3 Å². The lowest BCUT2D eigenvalue weighted by Gasteiger charge is -2.36. The van der Waals surface area contributed by atoms with Crippen LogP contribution in [0.25, 0.3) is 11.3 Å². The second kappa shape index (κ2) is 26.5.